The minimum Gasteiger partial charge on any atom is -0.395 e. The molecule has 2 atom stereocenters. The van der Waals surface area contributed by atoms with Gasteiger partial charge in [-0.05, 0) is 19.5 Å². The molecule has 0 aliphatic carbocycles. The molecule has 0 saturated heterocycles. The van der Waals surface area contributed by atoms with Crippen LogP contribution in [0.4, 0.5) is 0 Å². The first-order valence-corrected chi connectivity index (χ1v) is 6.68. The van der Waals surface area contributed by atoms with E-state index in [4.69, 9.17) is 5.11 Å². The Labute approximate surface area is 102 Å². The molecule has 0 saturated carbocycles. The lowest BCUT2D eigenvalue weighted by molar-refractivity contribution is 0.300. The molecule has 1 aromatic carbocycles. The Balaban J connectivity index is 2.60. The molecule has 0 spiro atoms. The van der Waals surface area contributed by atoms with Crippen molar-refractivity contribution in [2.24, 2.45) is 0 Å². The van der Waals surface area contributed by atoms with Crippen LogP contribution in [0.1, 0.15) is 24.1 Å². The quantitative estimate of drug-likeness (QED) is 0.799. The van der Waals surface area contributed by atoms with Crippen molar-refractivity contribution < 1.29 is 5.11 Å². The van der Waals surface area contributed by atoms with Crippen LogP contribution < -0.4 is 5.32 Å². The first kappa shape index (κ1) is 13.6. The smallest absolute Gasteiger partial charge is 0.0547 e. The Morgan fingerprint density at radius 3 is 2.75 bits per heavy atom. The molecule has 2 unspecified atom stereocenters. The second-order valence-electron chi connectivity index (χ2n) is 4.08. The fraction of sp³-hybridized carbons (Fsp3) is 0.538. The number of aryl methyl sites for hydroxylation is 1. The number of rotatable bonds is 6. The summed E-state index contributed by atoms with van der Waals surface area (Å²) in [6, 6.07) is 8.93. The molecule has 0 radical (unpaired) electrons. The van der Waals surface area contributed by atoms with Gasteiger partial charge in [0.25, 0.3) is 0 Å². The second-order valence-corrected chi connectivity index (χ2v) is 5.55. The van der Waals surface area contributed by atoms with Crippen LogP contribution in [-0.2, 0) is 0 Å². The third-order valence-electron chi connectivity index (χ3n) is 2.60. The van der Waals surface area contributed by atoms with Crippen LogP contribution in [0, 0.1) is 6.92 Å². The van der Waals surface area contributed by atoms with Crippen LogP contribution in [-0.4, -0.2) is 29.8 Å². The monoisotopic (exact) mass is 239 g/mol. The summed E-state index contributed by atoms with van der Waals surface area (Å²) >= 11 is 1.80. The van der Waals surface area contributed by atoms with E-state index in [1.54, 1.807) is 11.8 Å². The number of thioether (sulfide) groups is 1. The van der Waals surface area contributed by atoms with E-state index >= 15 is 0 Å². The molecule has 90 valence electrons. The highest BCUT2D eigenvalue weighted by molar-refractivity contribution is 7.99. The van der Waals surface area contributed by atoms with Gasteiger partial charge in [0, 0.05) is 17.0 Å². The van der Waals surface area contributed by atoms with E-state index in [1.165, 1.54) is 11.1 Å². The largest absolute Gasteiger partial charge is 0.395 e. The van der Waals surface area contributed by atoms with Gasteiger partial charge in [-0.2, -0.15) is 11.8 Å². The topological polar surface area (TPSA) is 32.3 Å². The highest BCUT2D eigenvalue weighted by Crippen LogP contribution is 2.21. The van der Waals surface area contributed by atoms with E-state index in [9.17, 15) is 0 Å². The summed E-state index contributed by atoms with van der Waals surface area (Å²) in [6.07, 6.45) is 0. The molecule has 1 rings (SSSR count). The molecule has 2 N–H and O–H groups in total. The molecule has 16 heavy (non-hydrogen) atoms. The van der Waals surface area contributed by atoms with E-state index in [0.717, 1.165) is 5.75 Å². The van der Waals surface area contributed by atoms with E-state index < -0.39 is 0 Å². The van der Waals surface area contributed by atoms with Gasteiger partial charge >= 0.3 is 0 Å². The molecule has 1 aromatic rings. The van der Waals surface area contributed by atoms with Gasteiger partial charge in [-0.15, -0.1) is 0 Å². The minimum atomic E-state index is 0.245. The van der Waals surface area contributed by atoms with Gasteiger partial charge in [0.05, 0.1) is 6.61 Å². The average Bonchev–Trinajstić information content (AvgIpc) is 2.29. The Morgan fingerprint density at radius 1 is 1.44 bits per heavy atom. The van der Waals surface area contributed by atoms with Crippen LogP contribution in [0.2, 0.25) is 0 Å². The molecule has 2 nitrogen and oxygen atoms in total. The highest BCUT2D eigenvalue weighted by Gasteiger charge is 2.11. The van der Waals surface area contributed by atoms with Crippen LogP contribution >= 0.6 is 11.8 Å². The summed E-state index contributed by atoms with van der Waals surface area (Å²) in [6.45, 7) is 4.41. The van der Waals surface area contributed by atoms with Crippen LogP contribution in [0.5, 0.6) is 0 Å². The highest BCUT2D eigenvalue weighted by atomic mass is 32.2. The van der Waals surface area contributed by atoms with Crippen LogP contribution in [0.25, 0.3) is 0 Å². The molecule has 0 aliphatic heterocycles. The first-order valence-electron chi connectivity index (χ1n) is 5.63. The van der Waals surface area contributed by atoms with Crippen molar-refractivity contribution in [1.82, 2.24) is 5.32 Å². The van der Waals surface area contributed by atoms with E-state index in [2.05, 4.69) is 36.5 Å². The van der Waals surface area contributed by atoms with Crippen LogP contribution in [0.3, 0.4) is 0 Å². The molecular weight excluding hydrogens is 218 g/mol. The fourth-order valence-corrected chi connectivity index (χ4v) is 2.53. The predicted octanol–water partition coefficient (Wildman–Crippen LogP) is 2.37. The molecule has 0 amide bonds. The van der Waals surface area contributed by atoms with Gasteiger partial charge in [-0.3, -0.25) is 0 Å². The van der Waals surface area contributed by atoms with Crippen molar-refractivity contribution in [3.63, 3.8) is 0 Å². The second kappa shape index (κ2) is 6.94. The number of benzene rings is 1. The van der Waals surface area contributed by atoms with Crippen molar-refractivity contribution in [3.8, 4) is 0 Å². The Kier molecular flexibility index (Phi) is 5.88. The van der Waals surface area contributed by atoms with E-state index in [-0.39, 0.29) is 6.61 Å². The molecule has 0 fully saturated rings. The molecule has 3 heteroatoms. The maximum atomic E-state index is 8.99. The summed E-state index contributed by atoms with van der Waals surface area (Å²) < 4.78 is 0. The van der Waals surface area contributed by atoms with E-state index in [1.807, 2.05) is 14.0 Å². The molecule has 0 aliphatic rings. The summed E-state index contributed by atoms with van der Waals surface area (Å²) in [7, 11) is 1.98. The molecule has 0 heterocycles. The van der Waals surface area contributed by atoms with E-state index in [0.29, 0.717) is 11.3 Å². The lowest BCUT2D eigenvalue weighted by Gasteiger charge is -2.18. The lowest BCUT2D eigenvalue weighted by atomic mass is 10.1. The summed E-state index contributed by atoms with van der Waals surface area (Å²) in [5.74, 6) is 0.988. The Hall–Kier alpha value is -0.510. The Bertz CT molecular complexity index is 317. The summed E-state index contributed by atoms with van der Waals surface area (Å²) in [5, 5.41) is 12.6. The number of aliphatic hydroxyl groups is 1. The van der Waals surface area contributed by atoms with Crippen LogP contribution in [0.15, 0.2) is 24.3 Å². The zero-order valence-electron chi connectivity index (χ0n) is 10.2. The standard InChI is InChI=1S/C13H21NOS/c1-10-5-4-6-12(7-10)13(14-3)9-16-11(2)8-15/h4-7,11,13-15H,8-9H2,1-3H3. The Morgan fingerprint density at radius 2 is 2.19 bits per heavy atom. The van der Waals surface area contributed by atoms with Crippen molar-refractivity contribution in [3.05, 3.63) is 35.4 Å². The zero-order chi connectivity index (χ0) is 12.0. The molecular formula is C13H21NOS. The third kappa shape index (κ3) is 4.16. The zero-order valence-corrected chi connectivity index (χ0v) is 11.1. The third-order valence-corrected chi connectivity index (χ3v) is 3.84. The van der Waals surface area contributed by atoms with Gasteiger partial charge in [-0.1, -0.05) is 36.8 Å². The average molecular weight is 239 g/mol. The van der Waals surface area contributed by atoms with Crippen molar-refractivity contribution in [1.29, 1.82) is 0 Å². The van der Waals surface area contributed by atoms with Gasteiger partial charge in [0.1, 0.15) is 0 Å². The van der Waals surface area contributed by atoms with Crippen molar-refractivity contribution in [2.45, 2.75) is 25.1 Å². The number of aliphatic hydroxyl groups excluding tert-OH is 1. The number of hydrogen-bond donors (Lipinski definition) is 2. The normalized spacial score (nSPS) is 14.8. The van der Waals surface area contributed by atoms with Gasteiger partial charge in [-0.25, -0.2) is 0 Å². The SMILES string of the molecule is CNC(CSC(C)CO)c1cccc(C)c1. The van der Waals surface area contributed by atoms with Gasteiger partial charge in [0.2, 0.25) is 0 Å². The summed E-state index contributed by atoms with van der Waals surface area (Å²) in [4.78, 5) is 0. The maximum Gasteiger partial charge on any atom is 0.0547 e. The maximum absolute atomic E-state index is 8.99. The first-order chi connectivity index (χ1) is 7.67. The molecule has 0 bridgehead atoms. The van der Waals surface area contributed by atoms with Crippen molar-refractivity contribution >= 4 is 11.8 Å². The number of hydrogen-bond acceptors (Lipinski definition) is 3. The fourth-order valence-electron chi connectivity index (χ4n) is 1.55. The van der Waals surface area contributed by atoms with Gasteiger partial charge < -0.3 is 10.4 Å². The lowest BCUT2D eigenvalue weighted by Crippen LogP contribution is -2.20. The minimum absolute atomic E-state index is 0.245. The predicted molar refractivity (Wildman–Crippen MR) is 72.0 cm³/mol. The molecule has 0 aromatic heterocycles. The summed E-state index contributed by atoms with van der Waals surface area (Å²) in [5.41, 5.74) is 2.61. The number of nitrogens with one attached hydrogen (secondary N) is 1. The van der Waals surface area contributed by atoms with Gasteiger partial charge in [0.15, 0.2) is 0 Å². The van der Waals surface area contributed by atoms with Crippen molar-refractivity contribution in [2.75, 3.05) is 19.4 Å².